The van der Waals surface area contributed by atoms with Gasteiger partial charge in [-0.15, -0.1) is 0 Å². The van der Waals surface area contributed by atoms with E-state index in [4.69, 9.17) is 6.85 Å². The van der Waals surface area contributed by atoms with Crippen molar-refractivity contribution < 1.29 is 39.6 Å². The maximum atomic E-state index is 5.75. The van der Waals surface area contributed by atoms with Gasteiger partial charge in [0.15, 0.2) is 0 Å². The van der Waals surface area contributed by atoms with Crippen LogP contribution in [0.15, 0.2) is 72.8 Å². The minimum absolute atomic E-state index is 0. The average molecular weight is 538 g/mol. The summed E-state index contributed by atoms with van der Waals surface area (Å²) in [7, 11) is 6.25. The number of benzene rings is 3. The van der Waals surface area contributed by atoms with Crippen molar-refractivity contribution in [3.8, 4) is 0 Å². The van der Waals surface area contributed by atoms with Gasteiger partial charge in [-0.2, -0.15) is 19.3 Å². The number of hydrogen-bond acceptors (Lipinski definition) is 0. The Morgan fingerprint density at radius 2 is 1.36 bits per heavy atom. The fourth-order valence-corrected chi connectivity index (χ4v) is 3.38. The molecule has 1 atom stereocenters. The SMILES string of the molecule is C[CH-]C[C@@H]1[CH-]CCCC1.Cc1ccc2ccccc2c1.Cc1ccccc1.[3H]C.[3H]C.[3H]C.[3H]C.[3H]C.[Y]. The van der Waals surface area contributed by atoms with E-state index in [1.165, 1.54) is 91.0 Å². The van der Waals surface area contributed by atoms with Crippen molar-refractivity contribution in [2.45, 2.75) is 89.9 Å². The molecule has 4 rings (SSSR count). The zero-order chi connectivity index (χ0) is 29.3. The van der Waals surface area contributed by atoms with Gasteiger partial charge in [0.25, 0.3) is 0 Å². The van der Waals surface area contributed by atoms with Crippen molar-refractivity contribution in [3.05, 3.63) is 96.8 Å². The van der Waals surface area contributed by atoms with Gasteiger partial charge in [-0.05, 0) is 24.6 Å². The van der Waals surface area contributed by atoms with Gasteiger partial charge in [0.05, 0.1) is 0 Å². The molecule has 1 radical (unpaired) electrons. The fraction of sp³-hybridized carbons (Fsp3) is 0.438. The van der Waals surface area contributed by atoms with E-state index in [2.05, 4.69) is 88.2 Å². The Bertz CT molecular complexity index is 776. The molecule has 1 heteroatoms. The standard InChI is InChI=1S/C11H10.C9H16.C7H8.5CH4.Y/c1-9-6-7-10-4-2-3-5-11(10)8-9;1-2-6-9-7-4-3-5-8-9;1-7-5-3-2-4-6-7;;;;;;/h2-8H,1H3;2,7,9H,3-6,8H2,1H3;2-6H,1H3;5*1H4;/q;-2;;;;;;;/t;9-;;;;;;;/m.1......./s1/i;;;5*1T;. The zero-order valence-electron chi connectivity index (χ0n) is 27.8. The van der Waals surface area contributed by atoms with E-state index in [0.717, 1.165) is 5.92 Å². The van der Waals surface area contributed by atoms with Crippen LogP contribution in [0.4, 0.5) is 0 Å². The third-order valence-corrected chi connectivity index (χ3v) is 4.91. The molecule has 3 aromatic rings. The number of rotatable bonds is 2. The molecule has 0 unspecified atom stereocenters. The summed E-state index contributed by atoms with van der Waals surface area (Å²) in [6, 6.07) is 25.2. The second-order valence-corrected chi connectivity index (χ2v) is 7.43. The Labute approximate surface area is 241 Å². The molecule has 33 heavy (non-hydrogen) atoms. The summed E-state index contributed by atoms with van der Waals surface area (Å²) in [5.74, 6) is 0.920. The Kier molecular flexibility index (Phi) is 23.4. The summed E-state index contributed by atoms with van der Waals surface area (Å²) in [5, 5.41) is 2.64. The molecule has 0 bridgehead atoms. The van der Waals surface area contributed by atoms with Crippen LogP contribution >= 0.6 is 0 Å². The van der Waals surface area contributed by atoms with Gasteiger partial charge in [-0.25, -0.2) is 6.42 Å². The van der Waals surface area contributed by atoms with E-state index in [9.17, 15) is 0 Å². The number of aryl methyl sites for hydroxylation is 2. The van der Waals surface area contributed by atoms with E-state index in [1.54, 1.807) is 0 Å². The van der Waals surface area contributed by atoms with Gasteiger partial charge in [0.1, 0.15) is 0 Å². The van der Waals surface area contributed by atoms with Crippen molar-refractivity contribution in [3.63, 3.8) is 0 Å². The molecule has 0 heterocycles. The molecule has 3 aromatic carbocycles. The first-order valence-electron chi connectivity index (χ1n) is 15.3. The first-order valence-corrected chi connectivity index (χ1v) is 10.3. The van der Waals surface area contributed by atoms with Gasteiger partial charge >= 0.3 is 0 Å². The Balaban J connectivity index is -0.000000123. The van der Waals surface area contributed by atoms with Crippen LogP contribution in [-0.4, -0.2) is 0 Å². The molecule has 1 saturated carbocycles. The molecule has 0 aromatic heterocycles. The van der Waals surface area contributed by atoms with Gasteiger partial charge < -0.3 is 12.8 Å². The molecule has 0 N–H and O–H groups in total. The summed E-state index contributed by atoms with van der Waals surface area (Å²) < 4.78 is 28.8. The smallest absolute Gasteiger partial charge is 0.0194 e. The molecule has 0 spiro atoms. The average Bonchev–Trinajstić information content (AvgIpc) is 3.00. The zero-order valence-corrected chi connectivity index (χ0v) is 25.6. The second-order valence-electron chi connectivity index (χ2n) is 7.43. The van der Waals surface area contributed by atoms with E-state index in [1.807, 2.05) is 18.2 Å². The predicted octanol–water partition coefficient (Wildman–Crippen LogP) is 11.3. The number of fused-ring (bicyclic) bond motifs is 1. The van der Waals surface area contributed by atoms with Crippen molar-refractivity contribution in [2.75, 3.05) is 0 Å². The summed E-state index contributed by atoms with van der Waals surface area (Å²) in [5.41, 5.74) is 2.64. The molecule has 187 valence electrons. The molecular formula is C32H54Y-2. The van der Waals surface area contributed by atoms with E-state index in [-0.39, 0.29) is 32.7 Å². The van der Waals surface area contributed by atoms with Crippen molar-refractivity contribution in [2.24, 2.45) is 5.92 Å². The Morgan fingerprint density at radius 1 is 0.788 bits per heavy atom. The van der Waals surface area contributed by atoms with Gasteiger partial charge in [0, 0.05) is 39.6 Å². The van der Waals surface area contributed by atoms with Crippen molar-refractivity contribution in [1.82, 2.24) is 0 Å². The number of hydrogen-bond donors (Lipinski definition) is 0. The quantitative estimate of drug-likeness (QED) is 0.285. The third-order valence-electron chi connectivity index (χ3n) is 4.91. The molecule has 0 nitrogen and oxygen atoms in total. The van der Waals surface area contributed by atoms with Gasteiger partial charge in [-0.3, -0.25) is 0 Å². The molecule has 1 aliphatic carbocycles. The monoisotopic (exact) mass is 537 g/mol. The normalized spacial score (nSPS) is 14.1. The topological polar surface area (TPSA) is 0 Å². The van der Waals surface area contributed by atoms with E-state index < -0.39 is 0 Å². The van der Waals surface area contributed by atoms with Crippen LogP contribution in [0.5, 0.6) is 0 Å². The molecular weight excluding hydrogens is 473 g/mol. The Hall–Kier alpha value is -0.976. The van der Waals surface area contributed by atoms with E-state index in [0.29, 0.717) is 0 Å². The molecule has 0 aliphatic heterocycles. The van der Waals surface area contributed by atoms with Gasteiger partial charge in [-0.1, -0.05) is 140 Å². The molecule has 1 fully saturated rings. The van der Waals surface area contributed by atoms with Gasteiger partial charge in [0.2, 0.25) is 0 Å². The van der Waals surface area contributed by atoms with Crippen LogP contribution < -0.4 is 0 Å². The summed E-state index contributed by atoms with van der Waals surface area (Å²) >= 11 is 0. The third kappa shape index (κ3) is 18.1. The summed E-state index contributed by atoms with van der Waals surface area (Å²) in [6.07, 6.45) is 11.8. The van der Waals surface area contributed by atoms with E-state index >= 15 is 0 Å². The minimum atomic E-state index is 0. The fourth-order valence-electron chi connectivity index (χ4n) is 3.38. The van der Waals surface area contributed by atoms with Crippen LogP contribution in [0.25, 0.3) is 10.8 Å². The van der Waals surface area contributed by atoms with Crippen LogP contribution in [0.3, 0.4) is 0 Å². The van der Waals surface area contributed by atoms with Crippen LogP contribution in [-0.2, 0) is 32.7 Å². The van der Waals surface area contributed by atoms with Crippen LogP contribution in [0.2, 0.25) is 0 Å². The largest absolute Gasteiger partial charge is 0.334 e. The predicted molar refractivity (Wildman–Crippen MR) is 154 cm³/mol. The molecule has 0 amide bonds. The van der Waals surface area contributed by atoms with Crippen LogP contribution in [0, 0.1) is 32.6 Å². The maximum absolute atomic E-state index is 5.75. The van der Waals surface area contributed by atoms with Crippen molar-refractivity contribution >= 4 is 10.8 Å². The summed E-state index contributed by atoms with van der Waals surface area (Å²) in [4.78, 5) is 0. The maximum Gasteiger partial charge on any atom is 0.0194 e. The van der Waals surface area contributed by atoms with Crippen molar-refractivity contribution in [1.29, 1.82) is 0 Å². The Morgan fingerprint density at radius 3 is 1.85 bits per heavy atom. The minimum Gasteiger partial charge on any atom is -0.334 e. The molecule has 1 aliphatic rings. The molecule has 0 saturated heterocycles. The summed E-state index contributed by atoms with van der Waals surface area (Å²) in [6.45, 7) is 6.36. The van der Waals surface area contributed by atoms with Crippen LogP contribution in [0.1, 0.15) is 94.0 Å². The first-order chi connectivity index (χ1) is 18.2. The second kappa shape index (κ2) is 25.6. The first kappa shape index (κ1) is 30.1.